The molecule has 0 fully saturated rings. The summed E-state index contributed by atoms with van der Waals surface area (Å²) in [7, 11) is 0. The summed E-state index contributed by atoms with van der Waals surface area (Å²) in [6.45, 7) is 9.67. The summed E-state index contributed by atoms with van der Waals surface area (Å²) in [5.74, 6) is 0. The van der Waals surface area contributed by atoms with Crippen molar-refractivity contribution in [3.8, 4) is 0 Å². The van der Waals surface area contributed by atoms with Crippen LogP contribution in [0.2, 0.25) is 0 Å². The molecule has 2 aliphatic carbocycles. The molecule has 0 heterocycles. The van der Waals surface area contributed by atoms with Gasteiger partial charge < -0.3 is 0 Å². The van der Waals surface area contributed by atoms with Gasteiger partial charge in [-0.1, -0.05) is 0 Å². The van der Waals surface area contributed by atoms with E-state index in [0.717, 1.165) is 0 Å². The summed E-state index contributed by atoms with van der Waals surface area (Å²) >= 11 is -0.836. The van der Waals surface area contributed by atoms with Crippen LogP contribution in [-0.2, 0) is 29.5 Å². The van der Waals surface area contributed by atoms with Crippen molar-refractivity contribution in [1.29, 1.82) is 0 Å². The maximum absolute atomic E-state index is 2.50. The summed E-state index contributed by atoms with van der Waals surface area (Å²) in [5.41, 5.74) is 9.10. The van der Waals surface area contributed by atoms with Gasteiger partial charge in [0.05, 0.1) is 0 Å². The molecule has 0 amide bonds. The molecule has 0 radical (unpaired) electrons. The van der Waals surface area contributed by atoms with E-state index in [4.69, 9.17) is 0 Å². The Morgan fingerprint density at radius 1 is 0.640 bits per heavy atom. The molecule has 0 N–H and O–H groups in total. The van der Waals surface area contributed by atoms with Gasteiger partial charge in [0, 0.05) is 0 Å². The number of hydrogen-bond acceptors (Lipinski definition) is 0. The molecule has 2 aromatic carbocycles. The van der Waals surface area contributed by atoms with Gasteiger partial charge >= 0.3 is 151 Å². The minimum absolute atomic E-state index is 0. The Bertz CT molecular complexity index is 796. The zero-order valence-corrected chi connectivity index (χ0v) is 19.2. The SMILES string of the molecule is CC1=Cc2ccccc2[C]1(C)[Zr][C]1(C)C(C)=Cc2ccccc21.Cl.Cl. The van der Waals surface area contributed by atoms with Crippen molar-refractivity contribution in [1.82, 2.24) is 0 Å². The van der Waals surface area contributed by atoms with Crippen LogP contribution in [0.15, 0.2) is 59.7 Å². The molecular weight excluding hydrogens is 426 g/mol. The number of rotatable bonds is 2. The Morgan fingerprint density at radius 2 is 1.00 bits per heavy atom. The molecular formula is C22H24Cl2Zr. The van der Waals surface area contributed by atoms with Gasteiger partial charge in [-0.2, -0.15) is 0 Å². The monoisotopic (exact) mass is 448 g/mol. The van der Waals surface area contributed by atoms with Crippen LogP contribution in [0.1, 0.15) is 49.9 Å². The van der Waals surface area contributed by atoms with Gasteiger partial charge in [-0.25, -0.2) is 0 Å². The molecule has 2 aromatic rings. The van der Waals surface area contributed by atoms with Gasteiger partial charge in [0.1, 0.15) is 0 Å². The maximum atomic E-state index is 2.50. The minimum Gasteiger partial charge on any atom is -0.147 e. The normalized spacial score (nSPS) is 25.8. The van der Waals surface area contributed by atoms with Crippen molar-refractivity contribution in [2.45, 2.75) is 33.9 Å². The first kappa shape index (κ1) is 20.7. The molecule has 0 saturated heterocycles. The second-order valence-corrected chi connectivity index (χ2v) is 12.7. The smallest absolute Gasteiger partial charge is 0.147 e. The summed E-state index contributed by atoms with van der Waals surface area (Å²) in [6.07, 6.45) is 4.83. The molecule has 0 spiro atoms. The third kappa shape index (κ3) is 3.03. The average molecular weight is 451 g/mol. The van der Waals surface area contributed by atoms with Crippen LogP contribution >= 0.6 is 24.8 Å². The molecule has 0 bridgehead atoms. The fourth-order valence-electron chi connectivity index (χ4n) is 4.17. The Balaban J connectivity index is 0.00000113. The predicted octanol–water partition coefficient (Wildman–Crippen LogP) is 6.58. The zero-order valence-electron chi connectivity index (χ0n) is 15.1. The van der Waals surface area contributed by atoms with E-state index in [0.29, 0.717) is 0 Å². The van der Waals surface area contributed by atoms with Gasteiger partial charge in [0.15, 0.2) is 0 Å². The largest absolute Gasteiger partial charge is 0.147 e. The van der Waals surface area contributed by atoms with E-state index in [1.165, 1.54) is 11.1 Å². The molecule has 2 unspecified atom stereocenters. The van der Waals surface area contributed by atoms with E-state index in [1.807, 2.05) is 0 Å². The second-order valence-electron chi connectivity index (χ2n) is 7.20. The van der Waals surface area contributed by atoms with Crippen molar-refractivity contribution in [3.63, 3.8) is 0 Å². The third-order valence-electron chi connectivity index (χ3n) is 5.82. The fraction of sp³-hybridized carbons (Fsp3) is 0.273. The van der Waals surface area contributed by atoms with Crippen molar-refractivity contribution < 1.29 is 23.2 Å². The Kier molecular flexibility index (Phi) is 5.95. The molecule has 25 heavy (non-hydrogen) atoms. The van der Waals surface area contributed by atoms with Gasteiger partial charge in [-0.05, 0) is 0 Å². The quantitative estimate of drug-likeness (QED) is 0.485. The van der Waals surface area contributed by atoms with Crippen LogP contribution in [-0.4, -0.2) is 0 Å². The van der Waals surface area contributed by atoms with Crippen molar-refractivity contribution in [2.75, 3.05) is 0 Å². The van der Waals surface area contributed by atoms with Gasteiger partial charge in [-0.15, -0.1) is 24.8 Å². The standard InChI is InChI=1S/2C11H11.2ClH.Zr/c2*1-8-7-10-5-3-4-6-11(10)9(8)2;;;/h2*3-7H,1-2H3;2*1H;. The van der Waals surface area contributed by atoms with Gasteiger partial charge in [-0.3, -0.25) is 0 Å². The first-order valence-corrected chi connectivity index (χ1v) is 10.8. The van der Waals surface area contributed by atoms with Crippen LogP contribution < -0.4 is 0 Å². The summed E-state index contributed by atoms with van der Waals surface area (Å²) in [5, 5.41) is 0. The molecule has 0 aromatic heterocycles. The Morgan fingerprint density at radius 3 is 1.40 bits per heavy atom. The Hall–Kier alpha value is -0.617. The van der Waals surface area contributed by atoms with E-state index in [2.05, 4.69) is 88.4 Å². The Labute approximate surface area is 175 Å². The minimum atomic E-state index is -0.836. The van der Waals surface area contributed by atoms with Crippen LogP contribution in [0.3, 0.4) is 0 Å². The molecule has 3 heteroatoms. The predicted molar refractivity (Wildman–Crippen MR) is 109 cm³/mol. The first-order chi connectivity index (χ1) is 10.9. The van der Waals surface area contributed by atoms with E-state index < -0.39 is 23.2 Å². The van der Waals surface area contributed by atoms with Crippen molar-refractivity contribution in [2.24, 2.45) is 0 Å². The molecule has 0 nitrogen and oxygen atoms in total. The summed E-state index contributed by atoms with van der Waals surface area (Å²) in [6, 6.07) is 18.0. The number of fused-ring (bicyclic) bond motifs is 2. The molecule has 0 saturated carbocycles. The topological polar surface area (TPSA) is 0 Å². The summed E-state index contributed by atoms with van der Waals surface area (Å²) < 4.78 is 0.558. The molecule has 130 valence electrons. The zero-order chi connectivity index (χ0) is 16.2. The average Bonchev–Trinajstić information content (AvgIpc) is 2.93. The second kappa shape index (κ2) is 7.18. The van der Waals surface area contributed by atoms with Crippen molar-refractivity contribution >= 4 is 37.0 Å². The fourth-order valence-corrected chi connectivity index (χ4v) is 9.73. The van der Waals surface area contributed by atoms with E-state index in [-0.39, 0.29) is 31.1 Å². The molecule has 2 aliphatic rings. The number of halogens is 2. The van der Waals surface area contributed by atoms with Crippen LogP contribution in [0, 0.1) is 0 Å². The van der Waals surface area contributed by atoms with E-state index in [9.17, 15) is 0 Å². The summed E-state index contributed by atoms with van der Waals surface area (Å²) in [4.78, 5) is 0. The van der Waals surface area contributed by atoms with Crippen LogP contribution in [0.5, 0.6) is 0 Å². The van der Waals surface area contributed by atoms with E-state index in [1.54, 1.807) is 22.3 Å². The van der Waals surface area contributed by atoms with Crippen molar-refractivity contribution in [3.05, 3.63) is 81.9 Å². The van der Waals surface area contributed by atoms with Crippen LogP contribution in [0.25, 0.3) is 12.2 Å². The third-order valence-corrected chi connectivity index (χ3v) is 11.5. The number of hydrogen-bond donors (Lipinski definition) is 0. The van der Waals surface area contributed by atoms with Crippen LogP contribution in [0.4, 0.5) is 0 Å². The molecule has 2 atom stereocenters. The van der Waals surface area contributed by atoms with Gasteiger partial charge in [0.25, 0.3) is 0 Å². The molecule has 0 aliphatic heterocycles. The van der Waals surface area contributed by atoms with E-state index >= 15 is 0 Å². The number of allylic oxidation sites excluding steroid dienone is 2. The first-order valence-electron chi connectivity index (χ1n) is 8.31. The van der Waals surface area contributed by atoms with Gasteiger partial charge in [0.2, 0.25) is 0 Å². The maximum Gasteiger partial charge on any atom is -0.147 e. The number of benzene rings is 2. The molecule has 4 rings (SSSR count).